The molecule has 33 heavy (non-hydrogen) atoms. The van der Waals surface area contributed by atoms with E-state index in [2.05, 4.69) is 22.0 Å². The van der Waals surface area contributed by atoms with Crippen molar-refractivity contribution >= 4 is 56.8 Å². The van der Waals surface area contributed by atoms with Crippen LogP contribution in [0.25, 0.3) is 6.08 Å². The van der Waals surface area contributed by atoms with Crippen LogP contribution in [0.5, 0.6) is 0 Å². The Bertz CT molecular complexity index is 1230. The first kappa shape index (κ1) is 22.4. The summed E-state index contributed by atoms with van der Waals surface area (Å²) < 4.78 is 0.933. The Balaban J connectivity index is 1.57. The second-order valence-corrected chi connectivity index (χ2v) is 10.1. The quantitative estimate of drug-likeness (QED) is 0.330. The van der Waals surface area contributed by atoms with Crippen LogP contribution in [0.4, 0.5) is 0 Å². The van der Waals surface area contributed by atoms with E-state index in [9.17, 15) is 4.79 Å². The summed E-state index contributed by atoms with van der Waals surface area (Å²) >= 11 is 15.7. The molecule has 1 saturated carbocycles. The van der Waals surface area contributed by atoms with Gasteiger partial charge in [0.1, 0.15) is 0 Å². The van der Waals surface area contributed by atoms with Crippen molar-refractivity contribution in [3.8, 4) is 0 Å². The first-order valence-electron chi connectivity index (χ1n) is 10.9. The predicted molar refractivity (Wildman–Crippen MR) is 139 cm³/mol. The molecule has 2 aliphatic rings. The fourth-order valence-electron chi connectivity index (χ4n) is 4.65. The van der Waals surface area contributed by atoms with Gasteiger partial charge in [-0.25, -0.2) is 5.01 Å². The zero-order chi connectivity index (χ0) is 22.9. The van der Waals surface area contributed by atoms with Crippen molar-refractivity contribution in [2.45, 2.75) is 25.3 Å². The van der Waals surface area contributed by atoms with Crippen molar-refractivity contribution < 1.29 is 4.79 Å². The third-order valence-corrected chi connectivity index (χ3v) is 7.26. The van der Waals surface area contributed by atoms with Crippen LogP contribution in [0.2, 0.25) is 10.0 Å². The highest BCUT2D eigenvalue weighted by Crippen LogP contribution is 2.45. The lowest BCUT2D eigenvalue weighted by Gasteiger charge is -2.29. The molecule has 0 aromatic heterocycles. The van der Waals surface area contributed by atoms with Gasteiger partial charge in [-0.05, 0) is 90.6 Å². The Morgan fingerprint density at radius 1 is 0.939 bits per heavy atom. The Hall–Kier alpha value is -2.40. The number of fused-ring (bicyclic) bond motifs is 1. The van der Waals surface area contributed by atoms with Crippen molar-refractivity contribution in [1.29, 1.82) is 0 Å². The van der Waals surface area contributed by atoms with E-state index in [0.29, 0.717) is 15.6 Å². The number of rotatable bonds is 3. The Morgan fingerprint density at radius 3 is 2.24 bits per heavy atom. The Morgan fingerprint density at radius 2 is 1.58 bits per heavy atom. The van der Waals surface area contributed by atoms with Crippen molar-refractivity contribution in [2.24, 2.45) is 11.0 Å². The standard InChI is InChI=1S/C27H21BrCl2N2O/c28-21-10-6-19(7-11-21)27(33)32-26(18-8-14-23(30)15-9-18)24-3-1-2-20(25(24)31-32)16-17-4-12-22(29)13-5-17/h4-16,24,26H,1-3H2/b20-16+/t24-,26+/m0/s1. The smallest absolute Gasteiger partial charge is 0.267 e. The second-order valence-electron chi connectivity index (χ2n) is 8.36. The molecule has 0 N–H and O–H groups in total. The third-order valence-electron chi connectivity index (χ3n) is 6.22. The lowest BCUT2D eigenvalue weighted by molar-refractivity contribution is 0.0681. The first-order chi connectivity index (χ1) is 16.0. The number of halogens is 3. The van der Waals surface area contributed by atoms with Crippen LogP contribution in [0, 0.1) is 5.92 Å². The molecule has 0 radical (unpaired) electrons. The fraction of sp³-hybridized carbons (Fsp3) is 0.185. The fourth-order valence-corrected chi connectivity index (χ4v) is 5.16. The number of carbonyl (C=O) groups excluding carboxylic acids is 1. The van der Waals surface area contributed by atoms with E-state index in [1.54, 1.807) is 5.01 Å². The number of amides is 1. The molecule has 0 unspecified atom stereocenters. The molecule has 5 rings (SSSR count). The molecule has 3 aromatic rings. The van der Waals surface area contributed by atoms with E-state index in [4.69, 9.17) is 28.3 Å². The van der Waals surface area contributed by atoms with Gasteiger partial charge in [0.05, 0.1) is 11.8 Å². The van der Waals surface area contributed by atoms with E-state index >= 15 is 0 Å². The third kappa shape index (κ3) is 4.65. The zero-order valence-corrected chi connectivity index (χ0v) is 20.8. The Kier molecular flexibility index (Phi) is 6.42. The number of carbonyl (C=O) groups is 1. The van der Waals surface area contributed by atoms with E-state index in [1.807, 2.05) is 72.8 Å². The number of hydrogen-bond acceptors (Lipinski definition) is 2. The molecular formula is C27H21BrCl2N2O. The normalized spacial score (nSPS) is 21.1. The highest BCUT2D eigenvalue weighted by atomic mass is 79.9. The molecular weight excluding hydrogens is 519 g/mol. The lowest BCUT2D eigenvalue weighted by atomic mass is 9.77. The summed E-state index contributed by atoms with van der Waals surface area (Å²) in [5.74, 6) is 0.0352. The van der Waals surface area contributed by atoms with Gasteiger partial charge < -0.3 is 0 Å². The molecule has 0 saturated heterocycles. The Labute approximate surface area is 211 Å². The van der Waals surface area contributed by atoms with Crippen molar-refractivity contribution in [2.75, 3.05) is 0 Å². The highest BCUT2D eigenvalue weighted by Gasteiger charge is 2.43. The average Bonchev–Trinajstić information content (AvgIpc) is 3.22. The largest absolute Gasteiger partial charge is 0.274 e. The predicted octanol–water partition coefficient (Wildman–Crippen LogP) is 8.19. The van der Waals surface area contributed by atoms with Crippen LogP contribution < -0.4 is 0 Å². The second kappa shape index (κ2) is 9.46. The molecule has 1 fully saturated rings. The molecule has 0 bridgehead atoms. The van der Waals surface area contributed by atoms with Crippen molar-refractivity contribution in [1.82, 2.24) is 5.01 Å². The number of hydrazone groups is 1. The number of nitrogens with zero attached hydrogens (tertiary/aromatic N) is 2. The number of allylic oxidation sites excluding steroid dienone is 1. The van der Waals surface area contributed by atoms with Gasteiger partial charge in [0.2, 0.25) is 0 Å². The first-order valence-corrected chi connectivity index (χ1v) is 12.4. The van der Waals surface area contributed by atoms with Crippen molar-refractivity contribution in [3.63, 3.8) is 0 Å². The van der Waals surface area contributed by atoms with Gasteiger partial charge in [-0.2, -0.15) is 5.10 Å². The maximum Gasteiger partial charge on any atom is 0.274 e. The van der Waals surface area contributed by atoms with Crippen LogP contribution in [0.15, 0.2) is 87.9 Å². The summed E-state index contributed by atoms with van der Waals surface area (Å²) in [5.41, 5.74) is 4.92. The van der Waals surface area contributed by atoms with Gasteiger partial charge in [-0.3, -0.25) is 4.79 Å². The molecule has 1 amide bonds. The van der Waals surface area contributed by atoms with Gasteiger partial charge in [0, 0.05) is 26.0 Å². The summed E-state index contributed by atoms with van der Waals surface area (Å²) in [6.45, 7) is 0. The maximum absolute atomic E-state index is 13.6. The number of hydrogen-bond donors (Lipinski definition) is 0. The summed E-state index contributed by atoms with van der Waals surface area (Å²) in [6.07, 6.45) is 5.14. The average molecular weight is 540 g/mol. The molecule has 1 aliphatic heterocycles. The van der Waals surface area contributed by atoms with Crippen LogP contribution in [0.3, 0.4) is 0 Å². The summed E-state index contributed by atoms with van der Waals surface area (Å²) in [5, 5.41) is 8.01. The molecule has 1 aliphatic carbocycles. The molecule has 3 aromatic carbocycles. The van der Waals surface area contributed by atoms with Crippen LogP contribution in [-0.4, -0.2) is 16.6 Å². The molecule has 6 heteroatoms. The van der Waals surface area contributed by atoms with E-state index < -0.39 is 0 Å². The molecule has 3 nitrogen and oxygen atoms in total. The lowest BCUT2D eigenvalue weighted by Crippen LogP contribution is -2.31. The van der Waals surface area contributed by atoms with Gasteiger partial charge in [-0.1, -0.05) is 63.4 Å². The minimum atomic E-state index is -0.165. The van der Waals surface area contributed by atoms with Crippen LogP contribution in [0.1, 0.15) is 46.8 Å². The van der Waals surface area contributed by atoms with E-state index in [-0.39, 0.29) is 17.9 Å². The summed E-state index contributed by atoms with van der Waals surface area (Å²) in [7, 11) is 0. The topological polar surface area (TPSA) is 32.7 Å². The van der Waals surface area contributed by atoms with Crippen LogP contribution in [-0.2, 0) is 0 Å². The van der Waals surface area contributed by atoms with Gasteiger partial charge >= 0.3 is 0 Å². The van der Waals surface area contributed by atoms with Gasteiger partial charge in [0.25, 0.3) is 5.91 Å². The highest BCUT2D eigenvalue weighted by molar-refractivity contribution is 9.10. The maximum atomic E-state index is 13.6. The van der Waals surface area contributed by atoms with Crippen molar-refractivity contribution in [3.05, 3.63) is 110 Å². The summed E-state index contributed by atoms with van der Waals surface area (Å²) in [4.78, 5) is 13.6. The monoisotopic (exact) mass is 538 g/mol. The van der Waals surface area contributed by atoms with E-state index in [0.717, 1.165) is 40.6 Å². The zero-order valence-electron chi connectivity index (χ0n) is 17.7. The van der Waals surface area contributed by atoms with E-state index in [1.165, 1.54) is 5.57 Å². The summed E-state index contributed by atoms with van der Waals surface area (Å²) in [6, 6.07) is 22.8. The number of benzene rings is 3. The SMILES string of the molecule is O=C(c1ccc(Br)cc1)N1N=C2/C(=C/c3ccc(Cl)cc3)CCC[C@@H]2[C@H]1c1ccc(Cl)cc1. The molecule has 2 atom stereocenters. The molecule has 1 heterocycles. The molecule has 166 valence electrons. The molecule has 0 spiro atoms. The van der Waals surface area contributed by atoms with Gasteiger partial charge in [0.15, 0.2) is 0 Å². The van der Waals surface area contributed by atoms with Gasteiger partial charge in [-0.15, -0.1) is 0 Å². The minimum Gasteiger partial charge on any atom is -0.267 e. The minimum absolute atomic E-state index is 0.102. The van der Waals surface area contributed by atoms with Crippen LogP contribution >= 0.6 is 39.1 Å².